The lowest BCUT2D eigenvalue weighted by molar-refractivity contribution is -0.123. The maximum atomic E-state index is 12.4. The number of hydrogen-bond acceptors (Lipinski definition) is 5. The van der Waals surface area contributed by atoms with Crippen molar-refractivity contribution in [1.82, 2.24) is 0 Å². The van der Waals surface area contributed by atoms with Gasteiger partial charge < -0.3 is 9.26 Å². The topological polar surface area (TPSA) is 61.8 Å². The fourth-order valence-electron chi connectivity index (χ4n) is 1.19. The van der Waals surface area contributed by atoms with Crippen molar-refractivity contribution < 1.29 is 23.1 Å². The number of Topliss-reactive ketones (excluding diaryl/α,β-unsaturated/α-hetero) is 1. The van der Waals surface area contributed by atoms with Crippen molar-refractivity contribution in [2.45, 2.75) is 20.0 Å². The first-order chi connectivity index (χ1) is 8.47. The molecule has 1 aromatic carbocycles. The Morgan fingerprint density at radius 2 is 1.94 bits per heavy atom. The number of rotatable bonds is 7. The molecule has 0 aromatic heterocycles. The van der Waals surface area contributed by atoms with E-state index in [1.807, 2.05) is 6.07 Å². The zero-order chi connectivity index (χ0) is 13.6. The molecule has 0 fully saturated rings. The van der Waals surface area contributed by atoms with E-state index >= 15 is 0 Å². The predicted molar refractivity (Wildman–Crippen MR) is 67.8 cm³/mol. The molecule has 0 aliphatic carbocycles. The van der Waals surface area contributed by atoms with Crippen molar-refractivity contribution in [2.75, 3.05) is 13.5 Å². The summed E-state index contributed by atoms with van der Waals surface area (Å²) >= 11 is 0. The fraction of sp³-hybridized carbons (Fsp3) is 0.417. The molecule has 100 valence electrons. The second-order valence-corrected chi connectivity index (χ2v) is 5.66. The summed E-state index contributed by atoms with van der Waals surface area (Å²) in [6, 6.07) is 8.63. The van der Waals surface area contributed by atoms with Gasteiger partial charge in [0.15, 0.2) is 12.1 Å². The van der Waals surface area contributed by atoms with Crippen LogP contribution in [0.1, 0.15) is 13.8 Å². The SMILES string of the molecule is COCP(=O)(Oc1ccccc1)O[C@H](C)C(C)=O. The van der Waals surface area contributed by atoms with Gasteiger partial charge in [-0.15, -0.1) is 0 Å². The molecule has 0 N–H and O–H groups in total. The van der Waals surface area contributed by atoms with Crippen LogP contribution < -0.4 is 4.52 Å². The monoisotopic (exact) mass is 272 g/mol. The summed E-state index contributed by atoms with van der Waals surface area (Å²) in [6.07, 6.45) is -1.01. The Balaban J connectivity index is 2.80. The number of methoxy groups -OCH3 is 1. The van der Waals surface area contributed by atoms with E-state index in [1.54, 1.807) is 24.3 Å². The van der Waals surface area contributed by atoms with Crippen LogP contribution in [0.5, 0.6) is 5.75 Å². The highest BCUT2D eigenvalue weighted by atomic mass is 31.2. The average molecular weight is 272 g/mol. The average Bonchev–Trinajstić information content (AvgIpc) is 2.29. The Kier molecular flexibility index (Phi) is 5.54. The summed E-state index contributed by atoms with van der Waals surface area (Å²) in [5.41, 5.74) is 0. The zero-order valence-electron chi connectivity index (χ0n) is 10.7. The van der Waals surface area contributed by atoms with Gasteiger partial charge in [-0.25, -0.2) is 4.57 Å². The summed E-state index contributed by atoms with van der Waals surface area (Å²) in [4.78, 5) is 11.1. The summed E-state index contributed by atoms with van der Waals surface area (Å²) in [7, 11) is -2.10. The lowest BCUT2D eigenvalue weighted by Gasteiger charge is -2.21. The first-order valence-corrected chi connectivity index (χ1v) is 7.21. The molecule has 1 unspecified atom stereocenters. The molecular weight excluding hydrogens is 255 g/mol. The second-order valence-electron chi connectivity index (χ2n) is 3.79. The molecular formula is C12H17O5P. The van der Waals surface area contributed by atoms with Crippen LogP contribution >= 0.6 is 7.60 Å². The molecule has 0 saturated heterocycles. The Morgan fingerprint density at radius 1 is 1.33 bits per heavy atom. The lowest BCUT2D eigenvalue weighted by atomic mass is 10.3. The molecule has 0 spiro atoms. The van der Waals surface area contributed by atoms with Crippen LogP contribution in [0.15, 0.2) is 30.3 Å². The molecule has 2 atom stereocenters. The normalized spacial score (nSPS) is 15.7. The van der Waals surface area contributed by atoms with Gasteiger partial charge >= 0.3 is 7.60 Å². The third kappa shape index (κ3) is 4.61. The minimum Gasteiger partial charge on any atom is -0.423 e. The summed E-state index contributed by atoms with van der Waals surface area (Å²) in [5, 5.41) is 0. The van der Waals surface area contributed by atoms with Crippen molar-refractivity contribution in [3.63, 3.8) is 0 Å². The Bertz CT molecular complexity index is 431. The van der Waals surface area contributed by atoms with Crippen molar-refractivity contribution in [1.29, 1.82) is 0 Å². The lowest BCUT2D eigenvalue weighted by Crippen LogP contribution is -2.19. The number of carbonyl (C=O) groups is 1. The molecule has 6 heteroatoms. The fourth-order valence-corrected chi connectivity index (χ4v) is 2.74. The third-order valence-corrected chi connectivity index (χ3v) is 3.87. The number of para-hydroxylation sites is 1. The van der Waals surface area contributed by atoms with Gasteiger partial charge in [0.05, 0.1) is 0 Å². The van der Waals surface area contributed by atoms with Crippen molar-refractivity contribution in [2.24, 2.45) is 0 Å². The summed E-state index contributed by atoms with van der Waals surface area (Å²) in [5.74, 6) is 0.191. The number of ether oxygens (including phenoxy) is 1. The van der Waals surface area contributed by atoms with Crippen molar-refractivity contribution in [3.05, 3.63) is 30.3 Å². The van der Waals surface area contributed by atoms with Gasteiger partial charge in [-0.05, 0) is 26.0 Å². The van der Waals surface area contributed by atoms with E-state index in [0.717, 1.165) is 0 Å². The van der Waals surface area contributed by atoms with Crippen molar-refractivity contribution >= 4 is 13.4 Å². The predicted octanol–water partition coefficient (Wildman–Crippen LogP) is 2.86. The second kappa shape index (κ2) is 6.69. The number of benzene rings is 1. The van der Waals surface area contributed by atoms with Gasteiger partial charge in [0.2, 0.25) is 0 Å². The maximum absolute atomic E-state index is 12.4. The Morgan fingerprint density at radius 3 is 2.44 bits per heavy atom. The van der Waals surface area contributed by atoms with E-state index in [0.29, 0.717) is 5.75 Å². The van der Waals surface area contributed by atoms with Crippen molar-refractivity contribution in [3.8, 4) is 5.75 Å². The minimum absolute atomic E-state index is 0.209. The van der Waals surface area contributed by atoms with E-state index in [4.69, 9.17) is 13.8 Å². The smallest absolute Gasteiger partial charge is 0.405 e. The van der Waals surface area contributed by atoms with E-state index in [2.05, 4.69) is 0 Å². The first kappa shape index (κ1) is 14.9. The van der Waals surface area contributed by atoms with E-state index in [9.17, 15) is 9.36 Å². The van der Waals surface area contributed by atoms with Gasteiger partial charge in [-0.2, -0.15) is 0 Å². The molecule has 0 radical (unpaired) electrons. The van der Waals surface area contributed by atoms with Crippen LogP contribution in [0, 0.1) is 0 Å². The Labute approximate surface area is 107 Å². The third-order valence-electron chi connectivity index (χ3n) is 2.17. The van der Waals surface area contributed by atoms with Crippen LogP contribution in [0.25, 0.3) is 0 Å². The number of carbonyl (C=O) groups excluding carboxylic acids is 1. The van der Waals surface area contributed by atoms with Crippen LogP contribution in [0.3, 0.4) is 0 Å². The maximum Gasteiger partial charge on any atom is 0.405 e. The zero-order valence-corrected chi connectivity index (χ0v) is 11.6. The molecule has 0 bridgehead atoms. The number of ketones is 1. The van der Waals surface area contributed by atoms with Crippen LogP contribution in [0.2, 0.25) is 0 Å². The molecule has 0 aliphatic rings. The quantitative estimate of drug-likeness (QED) is 0.714. The van der Waals surface area contributed by atoms with Crippen LogP contribution in [-0.4, -0.2) is 25.3 Å². The molecule has 1 rings (SSSR count). The highest BCUT2D eigenvalue weighted by molar-refractivity contribution is 7.54. The first-order valence-electron chi connectivity index (χ1n) is 5.48. The molecule has 0 heterocycles. The molecule has 0 aliphatic heterocycles. The van der Waals surface area contributed by atoms with Gasteiger partial charge in [-0.1, -0.05) is 18.2 Å². The standard InChI is InChI=1S/C12H17O5P/c1-10(13)11(2)16-18(14,9-15-3)17-12-7-5-4-6-8-12/h4-8,11H,9H2,1-3H3/t11-,18?/m1/s1. The highest BCUT2D eigenvalue weighted by Gasteiger charge is 2.30. The molecule has 0 saturated carbocycles. The Hall–Kier alpha value is -1.16. The summed E-state index contributed by atoms with van der Waals surface area (Å²) < 4.78 is 27.7. The van der Waals surface area contributed by atoms with E-state index < -0.39 is 13.7 Å². The molecule has 18 heavy (non-hydrogen) atoms. The summed E-state index contributed by atoms with van der Waals surface area (Å²) in [6.45, 7) is 2.89. The van der Waals surface area contributed by atoms with E-state index in [-0.39, 0.29) is 12.1 Å². The molecule has 1 aromatic rings. The van der Waals surface area contributed by atoms with E-state index in [1.165, 1.54) is 21.0 Å². The number of hydrogen-bond donors (Lipinski definition) is 0. The van der Waals surface area contributed by atoms with Crippen LogP contribution in [-0.2, 0) is 18.6 Å². The van der Waals surface area contributed by atoms with Gasteiger partial charge in [0.1, 0.15) is 11.9 Å². The molecule has 5 nitrogen and oxygen atoms in total. The van der Waals surface area contributed by atoms with Gasteiger partial charge in [0, 0.05) is 7.11 Å². The van der Waals surface area contributed by atoms with Gasteiger partial charge in [-0.3, -0.25) is 9.32 Å². The largest absolute Gasteiger partial charge is 0.423 e. The molecule has 0 amide bonds. The van der Waals surface area contributed by atoms with Gasteiger partial charge in [0.25, 0.3) is 0 Å². The van der Waals surface area contributed by atoms with Crippen LogP contribution in [0.4, 0.5) is 0 Å². The highest BCUT2D eigenvalue weighted by Crippen LogP contribution is 2.49. The minimum atomic E-state index is -3.49.